The van der Waals surface area contributed by atoms with Gasteiger partial charge >= 0.3 is 0 Å². The monoisotopic (exact) mass is 561 g/mol. The standard InChI is InChI=1S/C27H27N7O5S/c35-15-18(16-36)28-22-14-21(29-23(31-22)17-6-2-1-3-7-17)24(37)30-20-9-5-4-8-19(20)25-32-33-26(40-25)27(38)34-10-12-39-13-11-34/h1-9,14,18,35-36H,10-13,15-16H2,(H,30,37)(H,28,29,31). The summed E-state index contributed by atoms with van der Waals surface area (Å²) < 4.78 is 5.32. The van der Waals surface area contributed by atoms with E-state index in [-0.39, 0.29) is 35.6 Å². The zero-order valence-corrected chi connectivity index (χ0v) is 22.2. The summed E-state index contributed by atoms with van der Waals surface area (Å²) >= 11 is 1.15. The Bertz CT molecular complexity index is 1470. The van der Waals surface area contributed by atoms with Crippen LogP contribution in [0, 0.1) is 0 Å². The zero-order valence-electron chi connectivity index (χ0n) is 21.4. The maximum Gasteiger partial charge on any atom is 0.285 e. The summed E-state index contributed by atoms with van der Waals surface area (Å²) in [5, 5.41) is 33.9. The van der Waals surface area contributed by atoms with Crippen LogP contribution < -0.4 is 10.6 Å². The number of amides is 2. The SMILES string of the molecule is O=C(Nc1ccccc1-c1nnc(C(=O)N2CCOCC2)s1)c1cc(NC(CO)CO)nc(-c2ccccc2)n1. The van der Waals surface area contributed by atoms with Gasteiger partial charge in [-0.25, -0.2) is 9.97 Å². The van der Waals surface area contributed by atoms with Crippen molar-refractivity contribution >= 4 is 34.7 Å². The van der Waals surface area contributed by atoms with Crippen LogP contribution in [0.4, 0.5) is 11.5 Å². The minimum absolute atomic E-state index is 0.0706. The molecular weight excluding hydrogens is 534 g/mol. The van der Waals surface area contributed by atoms with Crippen LogP contribution in [0.15, 0.2) is 60.7 Å². The van der Waals surface area contributed by atoms with Crippen LogP contribution in [0.25, 0.3) is 22.0 Å². The number of para-hydroxylation sites is 1. The number of rotatable bonds is 9. The summed E-state index contributed by atoms with van der Waals surface area (Å²) in [7, 11) is 0. The number of hydrogen-bond acceptors (Lipinski definition) is 11. The molecule has 0 bridgehead atoms. The first-order chi connectivity index (χ1) is 19.6. The smallest absolute Gasteiger partial charge is 0.285 e. The first-order valence-corrected chi connectivity index (χ1v) is 13.4. The van der Waals surface area contributed by atoms with E-state index in [0.717, 1.165) is 11.3 Å². The highest BCUT2D eigenvalue weighted by atomic mass is 32.1. The summed E-state index contributed by atoms with van der Waals surface area (Å²) in [5.74, 6) is -0.134. The first kappa shape index (κ1) is 27.3. The Balaban J connectivity index is 1.42. The molecule has 0 aliphatic carbocycles. The number of anilines is 2. The van der Waals surface area contributed by atoms with Crippen LogP contribution in [-0.2, 0) is 4.74 Å². The topological polar surface area (TPSA) is 163 Å². The highest BCUT2D eigenvalue weighted by molar-refractivity contribution is 7.16. The van der Waals surface area contributed by atoms with E-state index in [9.17, 15) is 19.8 Å². The van der Waals surface area contributed by atoms with E-state index in [1.165, 1.54) is 6.07 Å². The largest absolute Gasteiger partial charge is 0.394 e. The Hall–Kier alpha value is -4.30. The number of benzene rings is 2. The minimum Gasteiger partial charge on any atom is -0.394 e. The Labute approximate surface area is 233 Å². The minimum atomic E-state index is -0.665. The molecule has 2 amide bonds. The van der Waals surface area contributed by atoms with Crippen molar-refractivity contribution in [3.63, 3.8) is 0 Å². The van der Waals surface area contributed by atoms with Crippen molar-refractivity contribution in [3.05, 3.63) is 71.4 Å². The molecule has 0 unspecified atom stereocenters. The lowest BCUT2D eigenvalue weighted by molar-refractivity contribution is 0.0302. The van der Waals surface area contributed by atoms with Gasteiger partial charge in [0.2, 0.25) is 5.01 Å². The first-order valence-electron chi connectivity index (χ1n) is 12.6. The Morgan fingerprint density at radius 2 is 1.70 bits per heavy atom. The van der Waals surface area contributed by atoms with Gasteiger partial charge in [0.25, 0.3) is 11.8 Å². The van der Waals surface area contributed by atoms with Crippen LogP contribution in [0.2, 0.25) is 0 Å². The van der Waals surface area contributed by atoms with Gasteiger partial charge in [-0.2, -0.15) is 0 Å². The highest BCUT2D eigenvalue weighted by Crippen LogP contribution is 2.31. The summed E-state index contributed by atoms with van der Waals surface area (Å²) in [6.45, 7) is 1.32. The fourth-order valence-corrected chi connectivity index (χ4v) is 4.85. The number of carbonyl (C=O) groups excluding carboxylic acids is 2. The van der Waals surface area contributed by atoms with Crippen molar-refractivity contribution in [2.75, 3.05) is 50.2 Å². The van der Waals surface area contributed by atoms with Gasteiger partial charge in [-0.1, -0.05) is 53.8 Å². The number of nitrogens with one attached hydrogen (secondary N) is 2. The third-order valence-corrected chi connectivity index (χ3v) is 7.04. The van der Waals surface area contributed by atoms with Gasteiger partial charge in [0.05, 0.1) is 38.2 Å². The predicted molar refractivity (Wildman–Crippen MR) is 149 cm³/mol. The molecule has 0 spiro atoms. The molecule has 1 saturated heterocycles. The third-order valence-electron chi connectivity index (χ3n) is 6.10. The van der Waals surface area contributed by atoms with E-state index in [2.05, 4.69) is 30.8 Å². The summed E-state index contributed by atoms with van der Waals surface area (Å²) in [4.78, 5) is 36.9. The number of ether oxygens (including phenoxy) is 1. The van der Waals surface area contributed by atoms with E-state index in [0.29, 0.717) is 53.9 Å². The molecule has 5 rings (SSSR count). The van der Waals surface area contributed by atoms with Gasteiger partial charge in [0, 0.05) is 30.3 Å². The lowest BCUT2D eigenvalue weighted by atomic mass is 10.1. The van der Waals surface area contributed by atoms with Crippen LogP contribution in [0.3, 0.4) is 0 Å². The van der Waals surface area contributed by atoms with Crippen molar-refractivity contribution in [1.82, 2.24) is 25.1 Å². The van der Waals surface area contributed by atoms with E-state index in [1.807, 2.05) is 30.3 Å². The number of aliphatic hydroxyl groups is 2. The van der Waals surface area contributed by atoms with Gasteiger partial charge < -0.3 is 30.5 Å². The van der Waals surface area contributed by atoms with Crippen LogP contribution >= 0.6 is 11.3 Å². The molecule has 1 fully saturated rings. The van der Waals surface area contributed by atoms with Gasteiger partial charge in [0.15, 0.2) is 5.82 Å². The molecule has 2 aromatic heterocycles. The van der Waals surface area contributed by atoms with Crippen LogP contribution in [0.5, 0.6) is 0 Å². The highest BCUT2D eigenvalue weighted by Gasteiger charge is 2.24. The van der Waals surface area contributed by atoms with Gasteiger partial charge in [-0.05, 0) is 12.1 Å². The van der Waals surface area contributed by atoms with Crippen LogP contribution in [0.1, 0.15) is 20.3 Å². The number of aromatic nitrogens is 4. The zero-order chi connectivity index (χ0) is 27.9. The van der Waals surface area contributed by atoms with E-state index >= 15 is 0 Å². The Kier molecular flexibility index (Phi) is 8.66. The maximum atomic E-state index is 13.4. The summed E-state index contributed by atoms with van der Waals surface area (Å²) in [5.41, 5.74) is 1.83. The van der Waals surface area contributed by atoms with Gasteiger partial charge in [-0.15, -0.1) is 10.2 Å². The molecule has 13 heteroatoms. The van der Waals surface area contributed by atoms with E-state index in [1.54, 1.807) is 29.2 Å². The molecule has 0 radical (unpaired) electrons. The second-order valence-corrected chi connectivity index (χ2v) is 9.83. The number of nitrogens with zero attached hydrogens (tertiary/aromatic N) is 5. The van der Waals surface area contributed by atoms with Crippen molar-refractivity contribution < 1.29 is 24.5 Å². The summed E-state index contributed by atoms with van der Waals surface area (Å²) in [6, 6.07) is 17.0. The second-order valence-electron chi connectivity index (χ2n) is 8.85. The number of aliphatic hydroxyl groups excluding tert-OH is 2. The molecule has 1 aliphatic heterocycles. The Morgan fingerprint density at radius 3 is 2.45 bits per heavy atom. The second kappa shape index (κ2) is 12.7. The molecule has 4 N–H and O–H groups in total. The van der Waals surface area contributed by atoms with Gasteiger partial charge in [0.1, 0.15) is 16.5 Å². The molecule has 0 saturated carbocycles. The van der Waals surface area contributed by atoms with E-state index < -0.39 is 11.9 Å². The molecular formula is C27H27N7O5S. The molecule has 1 aliphatic rings. The summed E-state index contributed by atoms with van der Waals surface area (Å²) in [6.07, 6.45) is 0. The fraction of sp³-hybridized carbons (Fsp3) is 0.259. The number of carbonyl (C=O) groups is 2. The average molecular weight is 562 g/mol. The quantitative estimate of drug-likeness (QED) is 0.238. The lowest BCUT2D eigenvalue weighted by Gasteiger charge is -2.25. The van der Waals surface area contributed by atoms with Crippen LogP contribution in [-0.4, -0.2) is 92.7 Å². The Morgan fingerprint density at radius 1 is 0.975 bits per heavy atom. The predicted octanol–water partition coefficient (Wildman–Crippen LogP) is 2.15. The molecule has 4 aromatic rings. The van der Waals surface area contributed by atoms with Crippen molar-refractivity contribution in [2.45, 2.75) is 6.04 Å². The molecule has 2 aromatic carbocycles. The van der Waals surface area contributed by atoms with Crippen molar-refractivity contribution in [2.24, 2.45) is 0 Å². The molecule has 0 atom stereocenters. The molecule has 12 nitrogen and oxygen atoms in total. The fourth-order valence-electron chi connectivity index (χ4n) is 4.00. The van der Waals surface area contributed by atoms with E-state index in [4.69, 9.17) is 4.74 Å². The molecule has 206 valence electrons. The van der Waals surface area contributed by atoms with Crippen molar-refractivity contribution in [3.8, 4) is 22.0 Å². The number of hydrogen-bond donors (Lipinski definition) is 4. The van der Waals surface area contributed by atoms with Crippen molar-refractivity contribution in [1.29, 1.82) is 0 Å². The maximum absolute atomic E-state index is 13.4. The third kappa shape index (κ3) is 6.29. The lowest BCUT2D eigenvalue weighted by Crippen LogP contribution is -2.40. The number of morpholine rings is 1. The molecule has 3 heterocycles. The normalized spacial score (nSPS) is 13.3. The van der Waals surface area contributed by atoms with Gasteiger partial charge in [-0.3, -0.25) is 9.59 Å². The average Bonchev–Trinajstić information content (AvgIpc) is 3.50. The molecule has 40 heavy (non-hydrogen) atoms.